The number of halogens is 2. The van der Waals surface area contributed by atoms with E-state index in [1.165, 1.54) is 17.4 Å². The third-order valence-corrected chi connectivity index (χ3v) is 5.91. The quantitative estimate of drug-likeness (QED) is 0.360. The van der Waals surface area contributed by atoms with E-state index in [1.807, 2.05) is 0 Å². The minimum absolute atomic E-state index is 0.000255. The van der Waals surface area contributed by atoms with E-state index >= 15 is 0 Å². The van der Waals surface area contributed by atoms with E-state index in [1.54, 1.807) is 30.5 Å². The Morgan fingerprint density at radius 3 is 2.84 bits per heavy atom. The van der Waals surface area contributed by atoms with Gasteiger partial charge in [0.25, 0.3) is 5.91 Å². The number of carbonyl (C=O) groups is 1. The summed E-state index contributed by atoms with van der Waals surface area (Å²) in [4.78, 5) is 16.3. The van der Waals surface area contributed by atoms with Gasteiger partial charge < -0.3 is 20.1 Å². The van der Waals surface area contributed by atoms with Crippen molar-refractivity contribution in [2.75, 3.05) is 23.1 Å². The van der Waals surface area contributed by atoms with Crippen molar-refractivity contribution in [3.63, 3.8) is 0 Å². The van der Waals surface area contributed by atoms with Gasteiger partial charge in [0.1, 0.15) is 23.3 Å². The number of rotatable bonds is 8. The third-order valence-electron chi connectivity index (χ3n) is 4.26. The first-order chi connectivity index (χ1) is 15.1. The molecule has 13 heteroatoms. The van der Waals surface area contributed by atoms with Crippen LogP contribution in [0.1, 0.15) is 23.1 Å². The molecule has 0 aliphatic carbocycles. The number of nitrogens with one attached hydrogen (secondary N) is 3. The van der Waals surface area contributed by atoms with Crippen LogP contribution in [0.5, 0.6) is 0 Å². The lowest BCUT2D eigenvalue weighted by Crippen LogP contribution is -2.38. The van der Waals surface area contributed by atoms with Crippen LogP contribution in [-0.2, 0) is 10.0 Å². The number of aliphatic hydroxyl groups is 1. The minimum atomic E-state index is -3.82. The summed E-state index contributed by atoms with van der Waals surface area (Å²) in [7, 11) is -3.82. The van der Waals surface area contributed by atoms with Crippen LogP contribution >= 0.6 is 11.6 Å². The first kappa shape index (κ1) is 23.4. The number of aliphatic hydroxyl groups excluding tert-OH is 1. The van der Waals surface area contributed by atoms with Crippen molar-refractivity contribution in [3.05, 3.63) is 58.9 Å². The van der Waals surface area contributed by atoms with Crippen molar-refractivity contribution in [1.82, 2.24) is 14.1 Å². The lowest BCUT2D eigenvalue weighted by atomic mass is 10.3. The van der Waals surface area contributed by atoms with Crippen molar-refractivity contribution in [3.8, 4) is 6.07 Å². The predicted octanol–water partition coefficient (Wildman–Crippen LogP) is 1.92. The maximum absolute atomic E-state index is 13.6. The molecule has 32 heavy (non-hydrogen) atoms. The van der Waals surface area contributed by atoms with Crippen molar-refractivity contribution < 1.29 is 22.7 Å². The number of aromatic nitrogens is 2. The molecule has 1 atom stereocenters. The normalized spacial score (nSPS) is 12.3. The highest BCUT2D eigenvalue weighted by atomic mass is 35.5. The number of sulfonamides is 1. The molecule has 0 aliphatic heterocycles. The summed E-state index contributed by atoms with van der Waals surface area (Å²) in [6.45, 7) is 1.13. The highest BCUT2D eigenvalue weighted by molar-refractivity contribution is 7.89. The molecule has 3 aromatic heterocycles. The van der Waals surface area contributed by atoms with Gasteiger partial charge in [-0.1, -0.05) is 17.7 Å². The zero-order chi connectivity index (χ0) is 23.5. The molecular weight excluding hydrogens is 463 g/mol. The Kier molecular flexibility index (Phi) is 6.95. The average Bonchev–Trinajstić information content (AvgIpc) is 3.02. The Morgan fingerprint density at radius 1 is 1.41 bits per heavy atom. The molecule has 0 saturated heterocycles. The molecule has 0 saturated carbocycles. The summed E-state index contributed by atoms with van der Waals surface area (Å²) in [6.07, 6.45) is 1.55. The molecule has 10 nitrogen and oxygen atoms in total. The van der Waals surface area contributed by atoms with Crippen LogP contribution in [0, 0.1) is 17.3 Å². The maximum atomic E-state index is 13.6. The Balaban J connectivity index is 1.94. The number of nitriles is 1. The Bertz CT molecular complexity index is 1320. The second kappa shape index (κ2) is 9.49. The van der Waals surface area contributed by atoms with E-state index < -0.39 is 33.8 Å². The van der Waals surface area contributed by atoms with Crippen LogP contribution in [0.2, 0.25) is 5.02 Å². The second-order valence-electron chi connectivity index (χ2n) is 6.76. The molecular formula is C19H18ClFN6O4S. The summed E-state index contributed by atoms with van der Waals surface area (Å²) >= 11 is 6.43. The van der Waals surface area contributed by atoms with Gasteiger partial charge in [-0.25, -0.2) is 18.1 Å². The van der Waals surface area contributed by atoms with Crippen molar-refractivity contribution in [2.24, 2.45) is 0 Å². The third kappa shape index (κ3) is 5.14. The van der Waals surface area contributed by atoms with Gasteiger partial charge in [-0.2, -0.15) is 9.65 Å². The van der Waals surface area contributed by atoms with E-state index in [9.17, 15) is 17.6 Å². The monoisotopic (exact) mass is 480 g/mol. The first-order valence-electron chi connectivity index (χ1n) is 9.17. The van der Waals surface area contributed by atoms with E-state index in [2.05, 4.69) is 20.3 Å². The number of nitrogens with zero attached hydrogens (tertiary/aromatic N) is 3. The largest absolute Gasteiger partial charge is 0.395 e. The van der Waals surface area contributed by atoms with Crippen LogP contribution in [0.3, 0.4) is 0 Å². The van der Waals surface area contributed by atoms with Crippen LogP contribution in [0.4, 0.5) is 15.8 Å². The summed E-state index contributed by atoms with van der Waals surface area (Å²) in [5.41, 5.74) is 0.364. The van der Waals surface area contributed by atoms with Crippen molar-refractivity contribution in [1.29, 1.82) is 5.26 Å². The minimum Gasteiger partial charge on any atom is -0.395 e. The number of fused-ring (bicyclic) bond motifs is 1. The highest BCUT2D eigenvalue weighted by Crippen LogP contribution is 2.34. The smallest absolute Gasteiger partial charge is 0.274 e. The molecule has 0 aromatic carbocycles. The molecule has 3 aromatic rings. The predicted molar refractivity (Wildman–Crippen MR) is 116 cm³/mol. The number of hydrogen-bond donors (Lipinski definition) is 4. The van der Waals surface area contributed by atoms with Gasteiger partial charge in [0.15, 0.2) is 0 Å². The molecule has 0 spiro atoms. The Hall–Kier alpha value is -3.24. The number of hydrogen-bond acceptors (Lipinski definition) is 7. The number of anilines is 2. The summed E-state index contributed by atoms with van der Waals surface area (Å²) in [5, 5.41) is 23.1. The molecule has 3 rings (SSSR count). The van der Waals surface area contributed by atoms with Crippen LogP contribution in [0.15, 0.2) is 36.5 Å². The van der Waals surface area contributed by atoms with Gasteiger partial charge >= 0.3 is 0 Å². The topological polar surface area (TPSA) is 149 Å². The fourth-order valence-corrected chi connectivity index (χ4v) is 4.37. The van der Waals surface area contributed by atoms with Gasteiger partial charge in [0.05, 0.1) is 22.8 Å². The summed E-state index contributed by atoms with van der Waals surface area (Å²) < 4.78 is 41.8. The van der Waals surface area contributed by atoms with Gasteiger partial charge in [0.2, 0.25) is 16.0 Å². The molecule has 4 N–H and O–H groups in total. The number of amides is 1. The van der Waals surface area contributed by atoms with Gasteiger partial charge in [-0.3, -0.25) is 4.79 Å². The number of pyridine rings is 2. The average molecular weight is 481 g/mol. The van der Waals surface area contributed by atoms with Gasteiger partial charge in [0, 0.05) is 24.0 Å². The lowest BCUT2D eigenvalue weighted by molar-refractivity contribution is 0.102. The molecule has 1 unspecified atom stereocenters. The summed E-state index contributed by atoms with van der Waals surface area (Å²) in [5.74, 6) is -2.22. The lowest BCUT2D eigenvalue weighted by Gasteiger charge is -2.12. The fourth-order valence-electron chi connectivity index (χ4n) is 2.92. The summed E-state index contributed by atoms with van der Waals surface area (Å²) in [6, 6.07) is 8.11. The molecule has 0 aliphatic rings. The molecule has 0 bridgehead atoms. The van der Waals surface area contributed by atoms with E-state index in [-0.39, 0.29) is 34.4 Å². The number of carbonyl (C=O) groups excluding carboxylic acids is 1. The molecule has 168 valence electrons. The van der Waals surface area contributed by atoms with Crippen LogP contribution in [-0.4, -0.2) is 47.3 Å². The highest BCUT2D eigenvalue weighted by Gasteiger charge is 2.24. The van der Waals surface area contributed by atoms with Gasteiger partial charge in [-0.15, -0.1) is 0 Å². The Labute approximate surface area is 187 Å². The van der Waals surface area contributed by atoms with E-state index in [4.69, 9.17) is 22.0 Å². The van der Waals surface area contributed by atoms with Crippen molar-refractivity contribution >= 4 is 44.4 Å². The standard InChI is InChI=1S/C19H18ClFN6O4S/c1-11(9-28)26-32(30,31)10-23-17-14-4-2-3-5-27(14)18(16(17)20)19(29)25-12-6-13(8-22)24-15(21)7-12/h2-7,11,23,26,28H,9-10H2,1H3,(H,24,25,29). The van der Waals surface area contributed by atoms with E-state index in [0.29, 0.717) is 5.52 Å². The van der Waals surface area contributed by atoms with Crippen molar-refractivity contribution in [2.45, 2.75) is 13.0 Å². The Morgan fingerprint density at radius 2 is 2.16 bits per heavy atom. The van der Waals surface area contributed by atoms with Crippen LogP contribution < -0.4 is 15.4 Å². The SMILES string of the molecule is CC(CO)NS(=O)(=O)CNc1c(Cl)c(C(=O)Nc2cc(F)nc(C#N)c2)n2ccccc12. The zero-order valence-corrected chi connectivity index (χ0v) is 18.2. The molecule has 0 fully saturated rings. The zero-order valence-electron chi connectivity index (χ0n) is 16.6. The fraction of sp³-hybridized carbons (Fsp3) is 0.211. The second-order valence-corrected chi connectivity index (χ2v) is 8.89. The van der Waals surface area contributed by atoms with E-state index in [0.717, 1.165) is 6.07 Å². The molecule has 1 amide bonds. The molecule has 0 radical (unpaired) electrons. The van der Waals surface area contributed by atoms with Crippen LogP contribution in [0.25, 0.3) is 5.52 Å². The first-order valence-corrected chi connectivity index (χ1v) is 11.2. The molecule has 3 heterocycles. The maximum Gasteiger partial charge on any atom is 0.274 e. The van der Waals surface area contributed by atoms with Gasteiger partial charge in [-0.05, 0) is 25.1 Å².